The van der Waals surface area contributed by atoms with Crippen molar-refractivity contribution in [1.29, 1.82) is 0 Å². The monoisotopic (exact) mass is 262 g/mol. The molecule has 1 aromatic rings. The zero-order chi connectivity index (χ0) is 14.0. The lowest BCUT2D eigenvalue weighted by Gasteiger charge is -2.33. The Morgan fingerprint density at radius 3 is 2.79 bits per heavy atom. The number of halogens is 1. The van der Waals surface area contributed by atoms with Crippen LogP contribution in [0.25, 0.3) is 0 Å². The summed E-state index contributed by atoms with van der Waals surface area (Å²) in [5, 5.41) is 3.19. The van der Waals surface area contributed by atoms with Crippen LogP contribution in [0.2, 0.25) is 0 Å². The van der Waals surface area contributed by atoms with Crippen LogP contribution in [-0.4, -0.2) is 5.84 Å². The summed E-state index contributed by atoms with van der Waals surface area (Å²) in [5.41, 5.74) is 14.5. The van der Waals surface area contributed by atoms with Crippen molar-refractivity contribution in [3.8, 4) is 0 Å². The van der Waals surface area contributed by atoms with E-state index in [2.05, 4.69) is 17.2 Å². The summed E-state index contributed by atoms with van der Waals surface area (Å²) in [6.45, 7) is 3.88. The number of aryl methyl sites for hydroxylation is 1. The summed E-state index contributed by atoms with van der Waals surface area (Å²) in [4.78, 5) is 4.27. The predicted molar refractivity (Wildman–Crippen MR) is 74.8 cm³/mol. The average molecular weight is 262 g/mol. The first-order valence-electron chi connectivity index (χ1n) is 6.34. The number of nitrogens with two attached hydrogens (primary N) is 2. The Hall–Kier alpha value is -1.88. The highest BCUT2D eigenvalue weighted by molar-refractivity contribution is 5.93. The van der Waals surface area contributed by atoms with Gasteiger partial charge < -0.3 is 11.1 Å². The summed E-state index contributed by atoms with van der Waals surface area (Å²) in [7, 11) is 0. The SMILES string of the molecule is CCCC1=CC(N)=NC(N)(c2ccc(F)cc2C)N1. The molecule has 5 N–H and O–H groups in total. The quantitative estimate of drug-likeness (QED) is 0.778. The molecule has 5 heteroatoms. The van der Waals surface area contributed by atoms with Gasteiger partial charge in [0, 0.05) is 11.3 Å². The van der Waals surface area contributed by atoms with Gasteiger partial charge in [-0.25, -0.2) is 9.38 Å². The van der Waals surface area contributed by atoms with E-state index in [-0.39, 0.29) is 5.82 Å². The zero-order valence-electron chi connectivity index (χ0n) is 11.2. The van der Waals surface area contributed by atoms with Crippen molar-refractivity contribution in [2.45, 2.75) is 32.5 Å². The van der Waals surface area contributed by atoms with E-state index in [0.29, 0.717) is 5.84 Å². The van der Waals surface area contributed by atoms with Crippen molar-refractivity contribution < 1.29 is 4.39 Å². The molecule has 102 valence electrons. The van der Waals surface area contributed by atoms with Gasteiger partial charge >= 0.3 is 0 Å². The Kier molecular flexibility index (Phi) is 3.57. The second-order valence-electron chi connectivity index (χ2n) is 4.81. The molecule has 0 amide bonds. The number of amidine groups is 1. The van der Waals surface area contributed by atoms with Crippen LogP contribution in [-0.2, 0) is 5.79 Å². The van der Waals surface area contributed by atoms with Gasteiger partial charge in [-0.1, -0.05) is 19.4 Å². The summed E-state index contributed by atoms with van der Waals surface area (Å²) in [6.07, 6.45) is 3.60. The van der Waals surface area contributed by atoms with Gasteiger partial charge in [-0.2, -0.15) is 0 Å². The highest BCUT2D eigenvalue weighted by Crippen LogP contribution is 2.26. The van der Waals surface area contributed by atoms with E-state index in [0.717, 1.165) is 29.7 Å². The molecule has 1 aliphatic heterocycles. The van der Waals surface area contributed by atoms with Crippen molar-refractivity contribution >= 4 is 5.84 Å². The van der Waals surface area contributed by atoms with Gasteiger partial charge in [-0.15, -0.1) is 0 Å². The number of nitrogens with zero attached hydrogens (tertiary/aromatic N) is 1. The van der Waals surface area contributed by atoms with E-state index in [1.165, 1.54) is 12.1 Å². The predicted octanol–water partition coefficient (Wildman–Crippen LogP) is 1.85. The van der Waals surface area contributed by atoms with Crippen molar-refractivity contribution in [3.05, 3.63) is 46.9 Å². The lowest BCUT2D eigenvalue weighted by atomic mass is 10.0. The smallest absolute Gasteiger partial charge is 0.211 e. The summed E-state index contributed by atoms with van der Waals surface area (Å²) in [5.74, 6) is -1.03. The van der Waals surface area contributed by atoms with Crippen molar-refractivity contribution in [2.75, 3.05) is 0 Å². The third-order valence-corrected chi connectivity index (χ3v) is 3.10. The number of rotatable bonds is 3. The van der Waals surface area contributed by atoms with E-state index in [1.807, 2.05) is 0 Å². The van der Waals surface area contributed by atoms with Crippen LogP contribution >= 0.6 is 0 Å². The van der Waals surface area contributed by atoms with E-state index < -0.39 is 5.79 Å². The average Bonchev–Trinajstić information content (AvgIpc) is 2.27. The number of hydrogen-bond donors (Lipinski definition) is 3. The molecule has 1 aliphatic rings. The lowest BCUT2D eigenvalue weighted by molar-refractivity contribution is 0.384. The number of hydrogen-bond acceptors (Lipinski definition) is 4. The van der Waals surface area contributed by atoms with Gasteiger partial charge in [0.05, 0.1) is 0 Å². The van der Waals surface area contributed by atoms with Crippen molar-refractivity contribution in [3.63, 3.8) is 0 Å². The maximum absolute atomic E-state index is 13.2. The minimum absolute atomic E-state index is 0.290. The second-order valence-corrected chi connectivity index (χ2v) is 4.81. The first kappa shape index (κ1) is 13.5. The van der Waals surface area contributed by atoms with E-state index >= 15 is 0 Å². The molecule has 0 aliphatic carbocycles. The van der Waals surface area contributed by atoms with Gasteiger partial charge in [0.25, 0.3) is 0 Å². The van der Waals surface area contributed by atoms with Gasteiger partial charge in [0.2, 0.25) is 5.79 Å². The highest BCUT2D eigenvalue weighted by atomic mass is 19.1. The Labute approximate surface area is 112 Å². The van der Waals surface area contributed by atoms with E-state index in [9.17, 15) is 4.39 Å². The van der Waals surface area contributed by atoms with Gasteiger partial charge in [0.15, 0.2) is 0 Å². The molecule has 19 heavy (non-hydrogen) atoms. The van der Waals surface area contributed by atoms with Crippen LogP contribution < -0.4 is 16.8 Å². The van der Waals surface area contributed by atoms with Gasteiger partial charge in [-0.05, 0) is 37.1 Å². The van der Waals surface area contributed by atoms with E-state index in [1.54, 1.807) is 19.1 Å². The van der Waals surface area contributed by atoms with Gasteiger partial charge in [-0.3, -0.25) is 5.73 Å². The Morgan fingerprint density at radius 1 is 1.42 bits per heavy atom. The molecule has 1 unspecified atom stereocenters. The normalized spacial score (nSPS) is 22.5. The maximum atomic E-state index is 13.2. The molecular formula is C14H19FN4. The number of nitrogens with one attached hydrogen (secondary N) is 1. The van der Waals surface area contributed by atoms with Gasteiger partial charge in [0.1, 0.15) is 11.7 Å². The topological polar surface area (TPSA) is 76.4 Å². The molecule has 4 nitrogen and oxygen atoms in total. The highest BCUT2D eigenvalue weighted by Gasteiger charge is 2.31. The van der Waals surface area contributed by atoms with Crippen LogP contribution in [0.4, 0.5) is 4.39 Å². The molecule has 0 fully saturated rings. The van der Waals surface area contributed by atoms with Crippen molar-refractivity contribution in [2.24, 2.45) is 16.5 Å². The minimum atomic E-state index is -1.12. The van der Waals surface area contributed by atoms with Crippen LogP contribution in [0.5, 0.6) is 0 Å². The Balaban J connectivity index is 2.41. The number of benzene rings is 1. The van der Waals surface area contributed by atoms with Crippen LogP contribution in [0, 0.1) is 12.7 Å². The maximum Gasteiger partial charge on any atom is 0.211 e. The third kappa shape index (κ3) is 2.76. The summed E-state index contributed by atoms with van der Waals surface area (Å²) >= 11 is 0. The van der Waals surface area contributed by atoms with Crippen LogP contribution in [0.15, 0.2) is 35.0 Å². The third-order valence-electron chi connectivity index (χ3n) is 3.10. The molecule has 0 radical (unpaired) electrons. The Bertz CT molecular complexity index is 550. The number of allylic oxidation sites excluding steroid dienone is 1. The van der Waals surface area contributed by atoms with E-state index in [4.69, 9.17) is 11.5 Å². The van der Waals surface area contributed by atoms with Crippen molar-refractivity contribution in [1.82, 2.24) is 5.32 Å². The molecular weight excluding hydrogens is 243 g/mol. The fourth-order valence-electron chi connectivity index (χ4n) is 2.31. The molecule has 1 heterocycles. The zero-order valence-corrected chi connectivity index (χ0v) is 11.2. The molecule has 1 aromatic carbocycles. The minimum Gasteiger partial charge on any atom is -0.384 e. The lowest BCUT2D eigenvalue weighted by Crippen LogP contribution is -2.52. The molecule has 0 bridgehead atoms. The molecule has 0 aromatic heterocycles. The first-order chi connectivity index (χ1) is 8.94. The molecule has 1 atom stereocenters. The second kappa shape index (κ2) is 5.01. The first-order valence-corrected chi connectivity index (χ1v) is 6.34. The fourth-order valence-corrected chi connectivity index (χ4v) is 2.31. The number of aliphatic imine (C=N–C) groups is 1. The van der Waals surface area contributed by atoms with Crippen LogP contribution in [0.1, 0.15) is 30.9 Å². The molecule has 0 spiro atoms. The molecule has 0 saturated carbocycles. The van der Waals surface area contributed by atoms with Crippen LogP contribution in [0.3, 0.4) is 0 Å². The molecule has 0 saturated heterocycles. The standard InChI is InChI=1S/C14H19FN4/c1-3-4-11-8-13(16)19-14(17,18-11)12-6-5-10(15)7-9(12)2/h5-8,18H,3-4,17H2,1-2H3,(H2,16,19). The summed E-state index contributed by atoms with van der Waals surface area (Å²) in [6, 6.07) is 4.46. The summed E-state index contributed by atoms with van der Waals surface area (Å²) < 4.78 is 13.2. The fraction of sp³-hybridized carbons (Fsp3) is 0.357. The largest absolute Gasteiger partial charge is 0.384 e. The Morgan fingerprint density at radius 2 is 2.16 bits per heavy atom. The molecule has 2 rings (SSSR count).